The van der Waals surface area contributed by atoms with Crippen LogP contribution in [0.1, 0.15) is 10.4 Å². The number of aromatic nitrogens is 3. The van der Waals surface area contributed by atoms with Gasteiger partial charge in [-0.15, -0.1) is 0 Å². The molecule has 0 aliphatic rings. The molecule has 138 valence electrons. The van der Waals surface area contributed by atoms with E-state index in [0.717, 1.165) is 4.90 Å². The first-order chi connectivity index (χ1) is 12.8. The molecule has 0 N–H and O–H groups in total. The van der Waals surface area contributed by atoms with E-state index in [-0.39, 0.29) is 32.9 Å². The van der Waals surface area contributed by atoms with Crippen molar-refractivity contribution in [3.8, 4) is 5.82 Å². The lowest BCUT2D eigenvalue weighted by Crippen LogP contribution is -2.21. The van der Waals surface area contributed by atoms with Crippen molar-refractivity contribution in [2.75, 3.05) is 4.90 Å². The number of amides is 1. The zero-order valence-corrected chi connectivity index (χ0v) is 17.6. The van der Waals surface area contributed by atoms with Crippen molar-refractivity contribution in [2.45, 2.75) is 0 Å². The lowest BCUT2D eigenvalue weighted by molar-refractivity contribution is -0.106. The summed E-state index contributed by atoms with van der Waals surface area (Å²) in [6.07, 6.45) is 1.99. The van der Waals surface area contributed by atoms with Crippen LogP contribution in [-0.2, 0) is 4.79 Å². The van der Waals surface area contributed by atoms with Crippen LogP contribution in [0.4, 0.5) is 11.5 Å². The largest absolute Gasteiger partial charge is 0.278 e. The molecule has 3 aromatic rings. The van der Waals surface area contributed by atoms with Crippen molar-refractivity contribution in [3.63, 3.8) is 0 Å². The molecule has 0 bridgehead atoms. The van der Waals surface area contributed by atoms with E-state index in [2.05, 4.69) is 26.0 Å². The molecule has 0 unspecified atom stereocenters. The van der Waals surface area contributed by atoms with Gasteiger partial charge in [0.2, 0.25) is 6.41 Å². The molecule has 0 aliphatic heterocycles. The molecule has 0 spiro atoms. The highest BCUT2D eigenvalue weighted by Gasteiger charge is 2.25. The molecule has 2 heterocycles. The molecule has 0 atom stereocenters. The van der Waals surface area contributed by atoms with E-state index < -0.39 is 5.24 Å². The average molecular weight is 509 g/mol. The fraction of sp³-hybridized carbons (Fsp3) is 0. The number of carbonyl (C=O) groups is 2. The summed E-state index contributed by atoms with van der Waals surface area (Å²) < 4.78 is 1.73. The number of hydrogen-bond acceptors (Lipinski definition) is 4. The van der Waals surface area contributed by atoms with E-state index in [4.69, 9.17) is 46.4 Å². The maximum atomic E-state index is 12.0. The number of halogens is 5. The standard InChI is InChI=1S/C16H7BrCl4N4O2/c17-12-6-13(25(23-12)16-10(19)2-1-3-22-16)24(7-26)14-9(15(21)27)4-8(18)5-11(14)20/h1-7H. The van der Waals surface area contributed by atoms with Gasteiger partial charge in [-0.2, -0.15) is 9.78 Å². The molecule has 0 aliphatic carbocycles. The molecule has 6 nitrogen and oxygen atoms in total. The van der Waals surface area contributed by atoms with Crippen LogP contribution in [0.5, 0.6) is 0 Å². The highest BCUT2D eigenvalue weighted by molar-refractivity contribution is 9.10. The fourth-order valence-electron chi connectivity index (χ4n) is 2.39. The van der Waals surface area contributed by atoms with Gasteiger partial charge in [0, 0.05) is 17.3 Å². The van der Waals surface area contributed by atoms with Crippen LogP contribution in [0.2, 0.25) is 15.1 Å². The van der Waals surface area contributed by atoms with Gasteiger partial charge in [0.15, 0.2) is 5.82 Å². The maximum absolute atomic E-state index is 12.0. The summed E-state index contributed by atoms with van der Waals surface area (Å²) in [5.41, 5.74) is 0.00836. The summed E-state index contributed by atoms with van der Waals surface area (Å²) in [6, 6.07) is 7.52. The minimum atomic E-state index is -0.831. The molecule has 3 rings (SSSR count). The van der Waals surface area contributed by atoms with Crippen LogP contribution >= 0.6 is 62.3 Å². The number of anilines is 2. The lowest BCUT2D eigenvalue weighted by Gasteiger charge is -2.22. The molecule has 0 radical (unpaired) electrons. The summed E-state index contributed by atoms with van der Waals surface area (Å²) in [4.78, 5) is 29.1. The SMILES string of the molecule is O=CN(c1c(Cl)cc(Cl)cc1C(=O)Cl)c1cc(Br)nn1-c1ncccc1Cl. The Morgan fingerprint density at radius 1 is 1.19 bits per heavy atom. The molecule has 0 saturated heterocycles. The number of benzene rings is 1. The van der Waals surface area contributed by atoms with Crippen LogP contribution in [0.3, 0.4) is 0 Å². The monoisotopic (exact) mass is 506 g/mol. The fourth-order valence-corrected chi connectivity index (χ4v) is 3.68. The van der Waals surface area contributed by atoms with Crippen LogP contribution in [0.25, 0.3) is 5.82 Å². The van der Waals surface area contributed by atoms with Gasteiger partial charge in [-0.1, -0.05) is 34.8 Å². The highest BCUT2D eigenvalue weighted by atomic mass is 79.9. The van der Waals surface area contributed by atoms with Gasteiger partial charge < -0.3 is 0 Å². The van der Waals surface area contributed by atoms with Gasteiger partial charge in [0.1, 0.15) is 10.4 Å². The van der Waals surface area contributed by atoms with E-state index in [1.165, 1.54) is 29.1 Å². The van der Waals surface area contributed by atoms with Crippen molar-refractivity contribution in [1.29, 1.82) is 0 Å². The Morgan fingerprint density at radius 3 is 2.56 bits per heavy atom. The summed E-state index contributed by atoms with van der Waals surface area (Å²) >= 11 is 27.3. The van der Waals surface area contributed by atoms with Crippen molar-refractivity contribution < 1.29 is 9.59 Å². The number of pyridine rings is 1. The van der Waals surface area contributed by atoms with Crippen LogP contribution in [0.15, 0.2) is 41.1 Å². The second-order valence-corrected chi connectivity index (χ2v) is 7.49. The van der Waals surface area contributed by atoms with E-state index in [9.17, 15) is 9.59 Å². The Kier molecular flexibility index (Phi) is 6.08. The molecule has 27 heavy (non-hydrogen) atoms. The van der Waals surface area contributed by atoms with E-state index in [1.807, 2.05) is 0 Å². The van der Waals surface area contributed by atoms with Gasteiger partial charge >= 0.3 is 0 Å². The zero-order valence-electron chi connectivity index (χ0n) is 13.0. The summed E-state index contributed by atoms with van der Waals surface area (Å²) in [5, 5.41) is 3.97. The molecule has 11 heteroatoms. The third kappa shape index (κ3) is 3.97. The smallest absolute Gasteiger partial charge is 0.254 e. The second kappa shape index (κ2) is 8.16. The number of carbonyl (C=O) groups excluding carboxylic acids is 2. The van der Waals surface area contributed by atoms with Gasteiger partial charge in [0.05, 0.1) is 21.3 Å². The Bertz CT molecular complexity index is 1060. The lowest BCUT2D eigenvalue weighted by atomic mass is 10.1. The van der Waals surface area contributed by atoms with Gasteiger partial charge in [-0.25, -0.2) is 4.98 Å². The Labute approximate surface area is 181 Å². The van der Waals surface area contributed by atoms with E-state index in [1.54, 1.807) is 12.1 Å². The minimum Gasteiger partial charge on any atom is -0.278 e. The number of rotatable bonds is 5. The third-order valence-corrected chi connectivity index (χ3v) is 4.83. The second-order valence-electron chi connectivity index (χ2n) is 5.08. The number of nitrogens with zero attached hydrogens (tertiary/aromatic N) is 4. The predicted molar refractivity (Wildman–Crippen MR) is 109 cm³/mol. The predicted octanol–water partition coefficient (Wildman–Crippen LogP) is 5.66. The third-order valence-electron chi connectivity index (χ3n) is 3.43. The Hall–Kier alpha value is -1.64. The first-order valence-corrected chi connectivity index (χ1v) is 9.44. The summed E-state index contributed by atoms with van der Waals surface area (Å²) in [7, 11) is 0. The molecule has 2 aromatic heterocycles. The number of hydrogen-bond donors (Lipinski definition) is 0. The van der Waals surface area contributed by atoms with Gasteiger partial charge in [0.25, 0.3) is 5.24 Å². The molecule has 0 saturated carbocycles. The zero-order chi connectivity index (χ0) is 19.7. The van der Waals surface area contributed by atoms with Crippen LogP contribution in [-0.4, -0.2) is 26.4 Å². The van der Waals surface area contributed by atoms with Crippen molar-refractivity contribution in [1.82, 2.24) is 14.8 Å². The maximum Gasteiger partial charge on any atom is 0.254 e. The van der Waals surface area contributed by atoms with Gasteiger partial charge in [-0.3, -0.25) is 14.5 Å². The Morgan fingerprint density at radius 2 is 1.93 bits per heavy atom. The highest BCUT2D eigenvalue weighted by Crippen LogP contribution is 2.39. The van der Waals surface area contributed by atoms with Gasteiger partial charge in [-0.05, 0) is 51.8 Å². The average Bonchev–Trinajstić information content (AvgIpc) is 2.98. The first kappa shape index (κ1) is 20.1. The van der Waals surface area contributed by atoms with E-state index in [0.29, 0.717) is 16.0 Å². The molecule has 0 fully saturated rings. The van der Waals surface area contributed by atoms with Crippen molar-refractivity contribution in [3.05, 3.63) is 61.8 Å². The quantitative estimate of drug-likeness (QED) is 0.329. The molecular formula is C16H7BrCl4N4O2. The van der Waals surface area contributed by atoms with Crippen LogP contribution in [0, 0.1) is 0 Å². The molecule has 1 aromatic carbocycles. The van der Waals surface area contributed by atoms with Crippen molar-refractivity contribution in [2.24, 2.45) is 0 Å². The molecule has 1 amide bonds. The minimum absolute atomic E-state index is 0.0442. The Balaban J connectivity index is 2.27. The van der Waals surface area contributed by atoms with Crippen LogP contribution < -0.4 is 4.90 Å². The summed E-state index contributed by atoms with van der Waals surface area (Å²) in [5.74, 6) is 0.497. The van der Waals surface area contributed by atoms with Crippen molar-refractivity contribution >= 4 is 85.5 Å². The van der Waals surface area contributed by atoms with E-state index >= 15 is 0 Å². The molecular weight excluding hydrogens is 502 g/mol. The normalized spacial score (nSPS) is 10.7. The summed E-state index contributed by atoms with van der Waals surface area (Å²) in [6.45, 7) is 0. The topological polar surface area (TPSA) is 68.1 Å². The first-order valence-electron chi connectivity index (χ1n) is 7.13.